The third-order valence-corrected chi connectivity index (χ3v) is 4.12. The number of halogens is 1. The molecule has 1 amide bonds. The summed E-state index contributed by atoms with van der Waals surface area (Å²) >= 11 is 5.80. The van der Waals surface area contributed by atoms with E-state index < -0.39 is 4.92 Å². The van der Waals surface area contributed by atoms with Crippen molar-refractivity contribution in [2.45, 2.75) is 25.7 Å². The van der Waals surface area contributed by atoms with Crippen LogP contribution in [-0.4, -0.2) is 33.8 Å². The average Bonchev–Trinajstić information content (AvgIpc) is 3.32. The second-order valence-electron chi connectivity index (χ2n) is 5.88. The van der Waals surface area contributed by atoms with Gasteiger partial charge in [0.2, 0.25) is 0 Å². The van der Waals surface area contributed by atoms with Gasteiger partial charge in [-0.15, -0.1) is 0 Å². The number of aromatic nitrogens is 1. The first-order chi connectivity index (χ1) is 10.0. The Hall–Kier alpha value is -1.69. The molecule has 0 aliphatic heterocycles. The molecule has 0 atom stereocenters. The molecule has 1 aromatic heterocycles. The zero-order valence-corrected chi connectivity index (χ0v) is 12.3. The van der Waals surface area contributed by atoms with Gasteiger partial charge in [0.1, 0.15) is 16.9 Å². The zero-order chi connectivity index (χ0) is 15.0. The van der Waals surface area contributed by atoms with Crippen LogP contribution in [0.5, 0.6) is 0 Å². The number of nitro groups is 1. The third kappa shape index (κ3) is 3.50. The van der Waals surface area contributed by atoms with Gasteiger partial charge in [-0.2, -0.15) is 0 Å². The van der Waals surface area contributed by atoms with Gasteiger partial charge in [-0.05, 0) is 43.6 Å². The largest absolute Gasteiger partial charge is 0.338 e. The number of carbonyl (C=O) groups is 1. The van der Waals surface area contributed by atoms with E-state index in [2.05, 4.69) is 4.98 Å². The van der Waals surface area contributed by atoms with Gasteiger partial charge in [-0.25, -0.2) is 4.98 Å². The Labute approximate surface area is 127 Å². The fourth-order valence-corrected chi connectivity index (χ4v) is 2.53. The van der Waals surface area contributed by atoms with Crippen molar-refractivity contribution >= 4 is 23.2 Å². The third-order valence-electron chi connectivity index (χ3n) is 3.91. The van der Waals surface area contributed by atoms with Gasteiger partial charge < -0.3 is 4.90 Å². The molecule has 0 saturated heterocycles. The van der Waals surface area contributed by atoms with Crippen molar-refractivity contribution in [3.05, 3.63) is 33.1 Å². The smallest absolute Gasteiger partial charge is 0.300 e. The topological polar surface area (TPSA) is 76.3 Å². The zero-order valence-electron chi connectivity index (χ0n) is 11.5. The molecule has 2 aliphatic carbocycles. The molecule has 1 aromatic rings. The SMILES string of the molecule is O=C(c1cc(Cl)ncc1[N+](=O)[O-])N(CC1CC1)CC1CC1. The molecule has 21 heavy (non-hydrogen) atoms. The summed E-state index contributed by atoms with van der Waals surface area (Å²) in [6.07, 6.45) is 5.59. The summed E-state index contributed by atoms with van der Waals surface area (Å²) < 4.78 is 0. The van der Waals surface area contributed by atoms with E-state index in [-0.39, 0.29) is 22.3 Å². The van der Waals surface area contributed by atoms with E-state index in [0.29, 0.717) is 24.9 Å². The van der Waals surface area contributed by atoms with Crippen LogP contribution in [0.4, 0.5) is 5.69 Å². The van der Waals surface area contributed by atoms with Gasteiger partial charge in [-0.3, -0.25) is 14.9 Å². The van der Waals surface area contributed by atoms with Crippen LogP contribution in [0.15, 0.2) is 12.3 Å². The summed E-state index contributed by atoms with van der Waals surface area (Å²) in [4.78, 5) is 28.6. The van der Waals surface area contributed by atoms with Crippen molar-refractivity contribution < 1.29 is 9.72 Å². The molecule has 0 bridgehead atoms. The fourth-order valence-electron chi connectivity index (χ4n) is 2.37. The van der Waals surface area contributed by atoms with Gasteiger partial charge >= 0.3 is 0 Å². The summed E-state index contributed by atoms with van der Waals surface area (Å²) in [6.45, 7) is 1.37. The number of amides is 1. The van der Waals surface area contributed by atoms with E-state index in [1.807, 2.05) is 0 Å². The number of nitrogens with zero attached hydrogens (tertiary/aromatic N) is 3. The molecule has 2 aliphatic rings. The van der Waals surface area contributed by atoms with Crippen LogP contribution < -0.4 is 0 Å². The predicted octanol–water partition coefficient (Wildman–Crippen LogP) is 2.91. The maximum Gasteiger partial charge on any atom is 0.300 e. The van der Waals surface area contributed by atoms with Crippen LogP contribution >= 0.6 is 11.6 Å². The monoisotopic (exact) mass is 309 g/mol. The maximum atomic E-state index is 12.7. The van der Waals surface area contributed by atoms with Crippen LogP contribution in [0.25, 0.3) is 0 Å². The standard InChI is InChI=1S/C14H16ClN3O3/c15-13-5-11(12(6-16-13)18(20)21)14(19)17(7-9-1-2-9)8-10-3-4-10/h5-6,9-10H,1-4,7-8H2. The molecule has 0 unspecified atom stereocenters. The Morgan fingerprint density at radius 2 is 1.90 bits per heavy atom. The summed E-state index contributed by atoms with van der Waals surface area (Å²) in [5.74, 6) is 0.790. The number of hydrogen-bond donors (Lipinski definition) is 0. The highest BCUT2D eigenvalue weighted by molar-refractivity contribution is 6.29. The van der Waals surface area contributed by atoms with Crippen LogP contribution in [0.2, 0.25) is 5.15 Å². The summed E-state index contributed by atoms with van der Waals surface area (Å²) in [5.41, 5.74) is -0.234. The number of hydrogen-bond acceptors (Lipinski definition) is 4. The first-order valence-electron chi connectivity index (χ1n) is 7.14. The van der Waals surface area contributed by atoms with Crippen molar-refractivity contribution in [3.63, 3.8) is 0 Å². The van der Waals surface area contributed by atoms with Gasteiger partial charge in [0.05, 0.1) is 4.92 Å². The summed E-state index contributed by atoms with van der Waals surface area (Å²) in [6, 6.07) is 1.30. The second-order valence-corrected chi connectivity index (χ2v) is 6.27. The van der Waals surface area contributed by atoms with Crippen LogP contribution in [0.1, 0.15) is 36.0 Å². The van der Waals surface area contributed by atoms with Crippen LogP contribution in [0.3, 0.4) is 0 Å². The minimum Gasteiger partial charge on any atom is -0.338 e. The normalized spacial score (nSPS) is 17.6. The minimum absolute atomic E-state index is 0.0429. The highest BCUT2D eigenvalue weighted by atomic mass is 35.5. The average molecular weight is 310 g/mol. The molecular formula is C14H16ClN3O3. The van der Waals surface area contributed by atoms with Gasteiger partial charge in [0, 0.05) is 13.1 Å². The van der Waals surface area contributed by atoms with Crippen LogP contribution in [0, 0.1) is 22.0 Å². The Kier molecular flexibility index (Phi) is 3.80. The quantitative estimate of drug-likeness (QED) is 0.460. The molecular weight excluding hydrogens is 294 g/mol. The Morgan fingerprint density at radius 1 is 1.33 bits per heavy atom. The van der Waals surface area contributed by atoms with Crippen molar-refractivity contribution in [2.24, 2.45) is 11.8 Å². The lowest BCUT2D eigenvalue weighted by molar-refractivity contribution is -0.385. The number of rotatable bonds is 6. The molecule has 3 rings (SSSR count). The Balaban J connectivity index is 1.86. The minimum atomic E-state index is -0.580. The van der Waals surface area contributed by atoms with Crippen LogP contribution in [-0.2, 0) is 0 Å². The van der Waals surface area contributed by atoms with E-state index in [9.17, 15) is 14.9 Å². The molecule has 2 fully saturated rings. The molecule has 112 valence electrons. The van der Waals surface area contributed by atoms with Gasteiger partial charge in [0.15, 0.2) is 0 Å². The molecule has 2 saturated carbocycles. The van der Waals surface area contributed by atoms with E-state index in [1.54, 1.807) is 4.90 Å². The van der Waals surface area contributed by atoms with Crippen molar-refractivity contribution in [3.8, 4) is 0 Å². The fraction of sp³-hybridized carbons (Fsp3) is 0.571. The van der Waals surface area contributed by atoms with E-state index in [0.717, 1.165) is 31.9 Å². The number of pyridine rings is 1. The molecule has 0 N–H and O–H groups in total. The lowest BCUT2D eigenvalue weighted by Crippen LogP contribution is -2.35. The number of carbonyl (C=O) groups excluding carboxylic acids is 1. The molecule has 7 heteroatoms. The first-order valence-corrected chi connectivity index (χ1v) is 7.51. The summed E-state index contributed by atoms with van der Waals surface area (Å²) in [7, 11) is 0. The lowest BCUT2D eigenvalue weighted by atomic mass is 10.2. The highest BCUT2D eigenvalue weighted by Crippen LogP contribution is 2.35. The van der Waals surface area contributed by atoms with Crippen molar-refractivity contribution in [1.82, 2.24) is 9.88 Å². The molecule has 0 spiro atoms. The second kappa shape index (κ2) is 5.60. The molecule has 1 heterocycles. The van der Waals surface area contributed by atoms with Crippen molar-refractivity contribution in [2.75, 3.05) is 13.1 Å². The van der Waals surface area contributed by atoms with Gasteiger partial charge in [0.25, 0.3) is 11.6 Å². The predicted molar refractivity (Wildman–Crippen MR) is 77.3 cm³/mol. The molecule has 6 nitrogen and oxygen atoms in total. The lowest BCUT2D eigenvalue weighted by Gasteiger charge is -2.22. The Bertz CT molecular complexity index is 571. The molecule has 0 radical (unpaired) electrons. The van der Waals surface area contributed by atoms with Gasteiger partial charge in [-0.1, -0.05) is 11.6 Å². The van der Waals surface area contributed by atoms with E-state index in [1.165, 1.54) is 6.07 Å². The molecule has 0 aromatic carbocycles. The van der Waals surface area contributed by atoms with E-state index >= 15 is 0 Å². The Morgan fingerprint density at radius 3 is 2.38 bits per heavy atom. The summed E-state index contributed by atoms with van der Waals surface area (Å²) in [5, 5.41) is 11.2. The van der Waals surface area contributed by atoms with E-state index in [4.69, 9.17) is 11.6 Å². The van der Waals surface area contributed by atoms with Crippen molar-refractivity contribution in [1.29, 1.82) is 0 Å². The maximum absolute atomic E-state index is 12.7. The highest BCUT2D eigenvalue weighted by Gasteiger charge is 2.34. The first kappa shape index (κ1) is 14.3.